The molecule has 0 saturated heterocycles. The van der Waals surface area contributed by atoms with Crippen LogP contribution in [0.25, 0.3) is 0 Å². The van der Waals surface area contributed by atoms with Gasteiger partial charge in [0.25, 0.3) is 5.91 Å². The maximum atomic E-state index is 12.4. The summed E-state index contributed by atoms with van der Waals surface area (Å²) >= 11 is 0. The van der Waals surface area contributed by atoms with E-state index >= 15 is 0 Å². The predicted molar refractivity (Wildman–Crippen MR) is 111 cm³/mol. The first-order valence-electron chi connectivity index (χ1n) is 8.94. The maximum Gasteiger partial charge on any atom is 0.257 e. The molecule has 0 saturated carbocycles. The van der Waals surface area contributed by atoms with Gasteiger partial charge in [-0.25, -0.2) is 4.98 Å². The van der Waals surface area contributed by atoms with Gasteiger partial charge in [-0.3, -0.25) is 9.59 Å². The Kier molecular flexibility index (Phi) is 6.01. The molecule has 6 heteroatoms. The van der Waals surface area contributed by atoms with E-state index in [4.69, 9.17) is 0 Å². The third-order valence-corrected chi connectivity index (χ3v) is 4.02. The number of benzene rings is 2. The third-order valence-electron chi connectivity index (χ3n) is 4.02. The van der Waals surface area contributed by atoms with Gasteiger partial charge in [0.1, 0.15) is 5.82 Å². The van der Waals surface area contributed by atoms with Crippen molar-refractivity contribution in [3.05, 3.63) is 83.6 Å². The molecule has 0 unspecified atom stereocenters. The van der Waals surface area contributed by atoms with Crippen LogP contribution in [0, 0.1) is 6.92 Å². The summed E-state index contributed by atoms with van der Waals surface area (Å²) in [7, 11) is 0. The van der Waals surface area contributed by atoms with Crippen LogP contribution in [0.3, 0.4) is 0 Å². The average Bonchev–Trinajstić information content (AvgIpc) is 2.66. The van der Waals surface area contributed by atoms with Gasteiger partial charge in [-0.2, -0.15) is 0 Å². The number of nitrogens with zero attached hydrogens (tertiary/aromatic N) is 1. The van der Waals surface area contributed by atoms with Gasteiger partial charge >= 0.3 is 0 Å². The van der Waals surface area contributed by atoms with Crippen molar-refractivity contribution in [1.82, 2.24) is 4.98 Å². The number of amides is 2. The Balaban J connectivity index is 1.60. The highest BCUT2D eigenvalue weighted by atomic mass is 16.2. The molecule has 3 rings (SSSR count). The summed E-state index contributed by atoms with van der Waals surface area (Å²) in [5, 5.41) is 8.74. The van der Waals surface area contributed by atoms with Crippen LogP contribution < -0.4 is 16.0 Å². The average molecular weight is 374 g/mol. The molecule has 1 heterocycles. The minimum Gasteiger partial charge on any atom is -0.366 e. The summed E-state index contributed by atoms with van der Waals surface area (Å²) in [5.74, 6) is 0.268. The summed E-state index contributed by atoms with van der Waals surface area (Å²) in [6, 6.07) is 18.7. The molecule has 3 N–H and O–H groups in total. The molecule has 0 fully saturated rings. The van der Waals surface area contributed by atoms with E-state index in [2.05, 4.69) is 46.1 Å². The Bertz CT molecular complexity index is 984. The molecule has 142 valence electrons. The van der Waals surface area contributed by atoms with Crippen molar-refractivity contribution in [1.29, 1.82) is 0 Å². The summed E-state index contributed by atoms with van der Waals surface area (Å²) in [4.78, 5) is 27.9. The lowest BCUT2D eigenvalue weighted by molar-refractivity contribution is -0.114. The summed E-state index contributed by atoms with van der Waals surface area (Å²) in [6.45, 7) is 4.16. The maximum absolute atomic E-state index is 12.4. The zero-order valence-electron chi connectivity index (χ0n) is 15.8. The van der Waals surface area contributed by atoms with Crippen LogP contribution in [0.2, 0.25) is 0 Å². The van der Waals surface area contributed by atoms with E-state index in [1.54, 1.807) is 36.4 Å². The second-order valence-corrected chi connectivity index (χ2v) is 6.49. The molecule has 2 aromatic carbocycles. The van der Waals surface area contributed by atoms with E-state index in [1.165, 1.54) is 24.2 Å². The van der Waals surface area contributed by atoms with Gasteiger partial charge in [-0.1, -0.05) is 35.9 Å². The van der Waals surface area contributed by atoms with Crippen molar-refractivity contribution in [3.8, 4) is 0 Å². The lowest BCUT2D eigenvalue weighted by Gasteiger charge is -2.09. The van der Waals surface area contributed by atoms with E-state index in [1.807, 2.05) is 6.07 Å². The highest BCUT2D eigenvalue weighted by molar-refractivity contribution is 6.04. The van der Waals surface area contributed by atoms with Gasteiger partial charge in [0.2, 0.25) is 5.91 Å². The van der Waals surface area contributed by atoms with Crippen molar-refractivity contribution in [2.24, 2.45) is 0 Å². The normalized spacial score (nSPS) is 10.2. The molecule has 1 aromatic heterocycles. The van der Waals surface area contributed by atoms with Crippen LogP contribution in [-0.2, 0) is 11.3 Å². The van der Waals surface area contributed by atoms with Gasteiger partial charge in [-0.05, 0) is 42.8 Å². The number of carbonyl (C=O) groups is 2. The smallest absolute Gasteiger partial charge is 0.257 e. The number of rotatable bonds is 6. The molecule has 0 aliphatic rings. The van der Waals surface area contributed by atoms with Crippen LogP contribution in [0.1, 0.15) is 28.4 Å². The van der Waals surface area contributed by atoms with Crippen LogP contribution in [0.15, 0.2) is 66.9 Å². The minimum absolute atomic E-state index is 0.165. The molecule has 0 bridgehead atoms. The number of aromatic nitrogens is 1. The Morgan fingerprint density at radius 2 is 1.68 bits per heavy atom. The largest absolute Gasteiger partial charge is 0.366 e. The third kappa shape index (κ3) is 5.41. The standard InChI is InChI=1S/C22H22N4O2/c1-15-5-3-6-17(11-15)13-23-21-10-9-18(14-24-21)22(28)26-20-8-4-7-19(12-20)25-16(2)27/h3-12,14H,13H2,1-2H3,(H,23,24)(H,25,27)(H,26,28). The quantitative estimate of drug-likeness (QED) is 0.603. The van der Waals surface area contributed by atoms with Crippen LogP contribution in [0.4, 0.5) is 17.2 Å². The highest BCUT2D eigenvalue weighted by Crippen LogP contribution is 2.16. The van der Waals surface area contributed by atoms with Gasteiger partial charge in [0.15, 0.2) is 0 Å². The Morgan fingerprint density at radius 1 is 0.929 bits per heavy atom. The van der Waals surface area contributed by atoms with Gasteiger partial charge in [0.05, 0.1) is 5.56 Å². The SMILES string of the molecule is CC(=O)Nc1cccc(NC(=O)c2ccc(NCc3cccc(C)c3)nc2)c1. The summed E-state index contributed by atoms with van der Waals surface area (Å²) < 4.78 is 0. The fraction of sp³-hybridized carbons (Fsp3) is 0.136. The molecular weight excluding hydrogens is 352 g/mol. The number of aryl methyl sites for hydroxylation is 1. The number of hydrogen-bond donors (Lipinski definition) is 3. The molecule has 28 heavy (non-hydrogen) atoms. The predicted octanol–water partition coefficient (Wildman–Crippen LogP) is 4.21. The molecule has 0 radical (unpaired) electrons. The van der Waals surface area contributed by atoms with Crippen molar-refractivity contribution < 1.29 is 9.59 Å². The number of anilines is 3. The van der Waals surface area contributed by atoms with E-state index in [-0.39, 0.29) is 11.8 Å². The number of nitrogens with one attached hydrogen (secondary N) is 3. The zero-order valence-corrected chi connectivity index (χ0v) is 15.8. The first kappa shape index (κ1) is 19.1. The Hall–Kier alpha value is -3.67. The van der Waals surface area contributed by atoms with E-state index < -0.39 is 0 Å². The van der Waals surface area contributed by atoms with Crippen LogP contribution in [0.5, 0.6) is 0 Å². The fourth-order valence-electron chi connectivity index (χ4n) is 2.73. The molecule has 0 spiro atoms. The van der Waals surface area contributed by atoms with E-state index in [9.17, 15) is 9.59 Å². The van der Waals surface area contributed by atoms with E-state index in [0.717, 1.165) is 0 Å². The first-order chi connectivity index (χ1) is 13.5. The topological polar surface area (TPSA) is 83.1 Å². The van der Waals surface area contributed by atoms with Crippen LogP contribution in [-0.4, -0.2) is 16.8 Å². The molecule has 2 amide bonds. The lowest BCUT2D eigenvalue weighted by Crippen LogP contribution is -2.13. The zero-order chi connectivity index (χ0) is 19.9. The Labute approximate surface area is 164 Å². The monoisotopic (exact) mass is 374 g/mol. The van der Waals surface area contributed by atoms with Crippen molar-refractivity contribution >= 4 is 29.0 Å². The van der Waals surface area contributed by atoms with Crippen molar-refractivity contribution in [2.45, 2.75) is 20.4 Å². The lowest BCUT2D eigenvalue weighted by atomic mass is 10.1. The molecular formula is C22H22N4O2. The second-order valence-electron chi connectivity index (χ2n) is 6.49. The fourth-order valence-corrected chi connectivity index (χ4v) is 2.73. The summed E-state index contributed by atoms with van der Waals surface area (Å²) in [6.07, 6.45) is 1.53. The molecule has 6 nitrogen and oxygen atoms in total. The minimum atomic E-state index is -0.266. The van der Waals surface area contributed by atoms with Crippen LogP contribution >= 0.6 is 0 Å². The van der Waals surface area contributed by atoms with Crippen molar-refractivity contribution in [3.63, 3.8) is 0 Å². The van der Waals surface area contributed by atoms with E-state index in [0.29, 0.717) is 29.3 Å². The molecule has 3 aromatic rings. The van der Waals surface area contributed by atoms with Gasteiger partial charge in [-0.15, -0.1) is 0 Å². The van der Waals surface area contributed by atoms with Gasteiger partial charge < -0.3 is 16.0 Å². The molecule has 0 aliphatic heterocycles. The molecule has 0 atom stereocenters. The summed E-state index contributed by atoms with van der Waals surface area (Å²) in [5.41, 5.74) is 4.05. The van der Waals surface area contributed by atoms with Crippen molar-refractivity contribution in [2.75, 3.05) is 16.0 Å². The van der Waals surface area contributed by atoms with Gasteiger partial charge in [0, 0.05) is 31.0 Å². The first-order valence-corrected chi connectivity index (χ1v) is 8.94. The Morgan fingerprint density at radius 3 is 2.36 bits per heavy atom. The number of hydrogen-bond acceptors (Lipinski definition) is 4. The highest BCUT2D eigenvalue weighted by Gasteiger charge is 2.08. The molecule has 0 aliphatic carbocycles. The number of carbonyl (C=O) groups excluding carboxylic acids is 2. The number of pyridine rings is 1. The second kappa shape index (κ2) is 8.81.